The lowest BCUT2D eigenvalue weighted by molar-refractivity contribution is -0.125. The molecule has 34 heavy (non-hydrogen) atoms. The maximum atomic E-state index is 12.0. The van der Waals surface area contributed by atoms with Crippen LogP contribution < -0.4 is 20.1 Å². The summed E-state index contributed by atoms with van der Waals surface area (Å²) in [4.78, 5) is 32.2. The molecule has 4 rings (SSSR count). The molecule has 0 bridgehead atoms. The summed E-state index contributed by atoms with van der Waals surface area (Å²) in [7, 11) is 1.90. The molecule has 1 saturated heterocycles. The summed E-state index contributed by atoms with van der Waals surface area (Å²) in [5, 5.41) is 0. The van der Waals surface area contributed by atoms with E-state index in [-0.39, 0.29) is 23.4 Å². The standard InChI is InChI=1S/C26H26N4O4/c1-3-24(31)30-16-15-18(17-30)29(2)23-14-13-22(25(27)32)26(28-23)34-21-11-9-20(10-12-21)33-19-7-5-4-6-8-19/h3-14,18H,1,15-17H2,2H3,(H2,27,32)/t18-/m1/s1. The molecular weight excluding hydrogens is 432 g/mol. The van der Waals surface area contributed by atoms with E-state index in [4.69, 9.17) is 15.2 Å². The molecule has 0 spiro atoms. The van der Waals surface area contributed by atoms with Crippen LogP contribution in [0.2, 0.25) is 0 Å². The van der Waals surface area contributed by atoms with Crippen LogP contribution in [0.3, 0.4) is 0 Å². The fourth-order valence-electron chi connectivity index (χ4n) is 3.78. The summed E-state index contributed by atoms with van der Waals surface area (Å²) < 4.78 is 11.7. The Morgan fingerprint density at radius 2 is 1.68 bits per heavy atom. The molecule has 1 aliphatic rings. The molecule has 1 atom stereocenters. The predicted molar refractivity (Wildman–Crippen MR) is 129 cm³/mol. The Bertz CT molecular complexity index is 1180. The lowest BCUT2D eigenvalue weighted by atomic mass is 10.2. The molecule has 1 fully saturated rings. The molecule has 8 heteroatoms. The van der Waals surface area contributed by atoms with Gasteiger partial charge in [-0.15, -0.1) is 0 Å². The zero-order chi connectivity index (χ0) is 24.1. The second-order valence-electron chi connectivity index (χ2n) is 7.92. The average molecular weight is 459 g/mol. The fraction of sp³-hybridized carbons (Fsp3) is 0.192. The molecule has 0 unspecified atom stereocenters. The molecule has 8 nitrogen and oxygen atoms in total. The zero-order valence-electron chi connectivity index (χ0n) is 18.9. The molecule has 3 aromatic rings. The topological polar surface area (TPSA) is 98.0 Å². The number of likely N-dealkylation sites (tertiary alicyclic amines) is 1. The van der Waals surface area contributed by atoms with Gasteiger partial charge >= 0.3 is 0 Å². The van der Waals surface area contributed by atoms with E-state index in [0.717, 1.165) is 12.2 Å². The molecule has 0 saturated carbocycles. The van der Waals surface area contributed by atoms with E-state index in [1.807, 2.05) is 42.3 Å². The van der Waals surface area contributed by atoms with Gasteiger partial charge in [-0.3, -0.25) is 9.59 Å². The van der Waals surface area contributed by atoms with E-state index < -0.39 is 5.91 Å². The number of rotatable bonds is 8. The molecule has 1 aromatic heterocycles. The normalized spacial score (nSPS) is 15.0. The number of para-hydroxylation sites is 1. The molecule has 2 heterocycles. The van der Waals surface area contributed by atoms with Gasteiger partial charge < -0.3 is 25.0 Å². The molecular formula is C26H26N4O4. The van der Waals surface area contributed by atoms with Crippen LogP contribution in [0, 0.1) is 0 Å². The van der Waals surface area contributed by atoms with Gasteiger partial charge in [-0.2, -0.15) is 4.98 Å². The van der Waals surface area contributed by atoms with Crippen molar-refractivity contribution in [3.63, 3.8) is 0 Å². The maximum absolute atomic E-state index is 12.0. The van der Waals surface area contributed by atoms with Crippen molar-refractivity contribution >= 4 is 17.6 Å². The number of aromatic nitrogens is 1. The molecule has 2 aromatic carbocycles. The number of primary amides is 1. The fourth-order valence-corrected chi connectivity index (χ4v) is 3.78. The van der Waals surface area contributed by atoms with E-state index in [9.17, 15) is 9.59 Å². The van der Waals surface area contributed by atoms with Gasteiger partial charge in [0.15, 0.2) is 0 Å². The number of ether oxygens (including phenoxy) is 2. The van der Waals surface area contributed by atoms with Crippen molar-refractivity contribution in [1.82, 2.24) is 9.88 Å². The van der Waals surface area contributed by atoms with Crippen molar-refractivity contribution in [2.75, 3.05) is 25.0 Å². The number of hydrogen-bond donors (Lipinski definition) is 1. The van der Waals surface area contributed by atoms with Crippen LogP contribution in [-0.2, 0) is 4.79 Å². The minimum absolute atomic E-state index is 0.0816. The first-order valence-electron chi connectivity index (χ1n) is 10.9. The Labute approximate surface area is 198 Å². The Balaban J connectivity index is 1.51. The Morgan fingerprint density at radius 3 is 2.32 bits per heavy atom. The lowest BCUT2D eigenvalue weighted by Gasteiger charge is -2.26. The van der Waals surface area contributed by atoms with Crippen molar-refractivity contribution in [2.45, 2.75) is 12.5 Å². The van der Waals surface area contributed by atoms with Gasteiger partial charge in [-0.1, -0.05) is 24.8 Å². The van der Waals surface area contributed by atoms with Crippen LogP contribution in [0.25, 0.3) is 0 Å². The summed E-state index contributed by atoms with van der Waals surface area (Å²) in [6.45, 7) is 4.77. The third kappa shape index (κ3) is 5.17. The number of pyridine rings is 1. The Kier molecular flexibility index (Phi) is 6.77. The summed E-state index contributed by atoms with van der Waals surface area (Å²) in [5.41, 5.74) is 5.72. The van der Waals surface area contributed by atoms with Gasteiger partial charge in [0.2, 0.25) is 11.8 Å². The zero-order valence-corrected chi connectivity index (χ0v) is 18.9. The van der Waals surface area contributed by atoms with Gasteiger partial charge in [0.05, 0.1) is 0 Å². The number of benzene rings is 2. The van der Waals surface area contributed by atoms with Crippen LogP contribution in [-0.4, -0.2) is 47.9 Å². The lowest BCUT2D eigenvalue weighted by Crippen LogP contribution is -2.36. The second kappa shape index (κ2) is 10.1. The molecule has 0 radical (unpaired) electrons. The van der Waals surface area contributed by atoms with E-state index in [1.165, 1.54) is 6.08 Å². The maximum Gasteiger partial charge on any atom is 0.254 e. The number of carbonyl (C=O) groups is 2. The Hall–Kier alpha value is -4.33. The van der Waals surface area contributed by atoms with Gasteiger partial charge in [0.1, 0.15) is 28.6 Å². The summed E-state index contributed by atoms with van der Waals surface area (Å²) in [5.74, 6) is 1.87. The smallest absolute Gasteiger partial charge is 0.254 e. The third-order valence-electron chi connectivity index (χ3n) is 5.69. The van der Waals surface area contributed by atoms with Gasteiger partial charge in [0, 0.05) is 26.2 Å². The van der Waals surface area contributed by atoms with E-state index >= 15 is 0 Å². The van der Waals surface area contributed by atoms with Crippen molar-refractivity contribution in [3.8, 4) is 23.1 Å². The van der Waals surface area contributed by atoms with Crippen molar-refractivity contribution in [2.24, 2.45) is 5.73 Å². The summed E-state index contributed by atoms with van der Waals surface area (Å²) in [6.07, 6.45) is 2.12. The highest BCUT2D eigenvalue weighted by Gasteiger charge is 2.29. The first-order valence-corrected chi connectivity index (χ1v) is 10.9. The van der Waals surface area contributed by atoms with E-state index in [0.29, 0.717) is 30.4 Å². The van der Waals surface area contributed by atoms with Crippen LogP contribution >= 0.6 is 0 Å². The number of anilines is 1. The average Bonchev–Trinajstić information content (AvgIpc) is 3.35. The van der Waals surface area contributed by atoms with Crippen LogP contribution in [0.4, 0.5) is 5.82 Å². The second-order valence-corrected chi connectivity index (χ2v) is 7.92. The van der Waals surface area contributed by atoms with Gasteiger partial charge in [-0.25, -0.2) is 0 Å². The molecule has 0 aliphatic carbocycles. The summed E-state index contributed by atoms with van der Waals surface area (Å²) >= 11 is 0. The van der Waals surface area contributed by atoms with Gasteiger partial charge in [0.25, 0.3) is 5.91 Å². The predicted octanol–water partition coefficient (Wildman–Crippen LogP) is 3.99. The molecule has 1 aliphatic heterocycles. The number of carbonyl (C=O) groups excluding carboxylic acids is 2. The van der Waals surface area contributed by atoms with Crippen LogP contribution in [0.5, 0.6) is 23.1 Å². The first-order chi connectivity index (χ1) is 16.4. The number of nitrogens with zero attached hydrogens (tertiary/aromatic N) is 3. The first kappa shape index (κ1) is 22.8. The molecule has 174 valence electrons. The highest BCUT2D eigenvalue weighted by Crippen LogP contribution is 2.30. The number of likely N-dealkylation sites (N-methyl/N-ethyl adjacent to an activating group) is 1. The number of amides is 2. The molecule has 2 N–H and O–H groups in total. The monoisotopic (exact) mass is 458 g/mol. The minimum atomic E-state index is -0.635. The summed E-state index contributed by atoms with van der Waals surface area (Å²) in [6, 6.07) is 19.9. The van der Waals surface area contributed by atoms with Crippen molar-refractivity contribution < 1.29 is 19.1 Å². The third-order valence-corrected chi connectivity index (χ3v) is 5.69. The van der Waals surface area contributed by atoms with Gasteiger partial charge in [-0.05, 0) is 61.0 Å². The number of nitrogens with two attached hydrogens (primary N) is 1. The van der Waals surface area contributed by atoms with E-state index in [1.54, 1.807) is 41.3 Å². The van der Waals surface area contributed by atoms with Crippen LogP contribution in [0.15, 0.2) is 79.4 Å². The van der Waals surface area contributed by atoms with Crippen molar-refractivity contribution in [1.29, 1.82) is 0 Å². The Morgan fingerprint density at radius 1 is 1.03 bits per heavy atom. The van der Waals surface area contributed by atoms with Crippen LogP contribution in [0.1, 0.15) is 16.8 Å². The quantitative estimate of drug-likeness (QED) is 0.513. The number of hydrogen-bond acceptors (Lipinski definition) is 6. The highest BCUT2D eigenvalue weighted by atomic mass is 16.5. The highest BCUT2D eigenvalue weighted by molar-refractivity contribution is 5.95. The van der Waals surface area contributed by atoms with E-state index in [2.05, 4.69) is 11.6 Å². The minimum Gasteiger partial charge on any atom is -0.457 e. The molecule has 2 amide bonds. The largest absolute Gasteiger partial charge is 0.457 e. The van der Waals surface area contributed by atoms with Crippen molar-refractivity contribution in [3.05, 3.63) is 84.9 Å². The SMILES string of the molecule is C=CC(=O)N1CC[C@@H](N(C)c2ccc(C(N)=O)c(Oc3ccc(Oc4ccccc4)cc3)n2)C1.